The van der Waals surface area contributed by atoms with Crippen molar-refractivity contribution in [2.75, 3.05) is 0 Å². The van der Waals surface area contributed by atoms with Crippen LogP contribution in [0.5, 0.6) is 0 Å². The maximum absolute atomic E-state index is 6.12. The standard InChI is InChI=1S/C12H17N/c1-2-5-11-10-7-4-3-6-9(10)8-12(11)13/h3-4,6-7,11-12H,2,5,8,13H2,1H3. The average molecular weight is 175 g/mol. The van der Waals surface area contributed by atoms with Gasteiger partial charge in [-0.3, -0.25) is 0 Å². The van der Waals surface area contributed by atoms with Crippen molar-refractivity contribution in [3.8, 4) is 0 Å². The van der Waals surface area contributed by atoms with E-state index in [-0.39, 0.29) is 0 Å². The molecule has 0 bridgehead atoms. The molecular formula is C12H17N. The molecule has 0 amide bonds. The van der Waals surface area contributed by atoms with E-state index in [2.05, 4.69) is 31.2 Å². The van der Waals surface area contributed by atoms with Crippen molar-refractivity contribution in [2.45, 2.75) is 38.1 Å². The highest BCUT2D eigenvalue weighted by Gasteiger charge is 2.28. The van der Waals surface area contributed by atoms with Crippen molar-refractivity contribution < 1.29 is 0 Å². The molecule has 2 atom stereocenters. The summed E-state index contributed by atoms with van der Waals surface area (Å²) in [5.74, 6) is 0.612. The molecule has 13 heavy (non-hydrogen) atoms. The van der Waals surface area contributed by atoms with Gasteiger partial charge in [-0.15, -0.1) is 0 Å². The van der Waals surface area contributed by atoms with Crippen LogP contribution in [-0.4, -0.2) is 6.04 Å². The fourth-order valence-corrected chi connectivity index (χ4v) is 2.39. The van der Waals surface area contributed by atoms with Gasteiger partial charge in [0.05, 0.1) is 0 Å². The van der Waals surface area contributed by atoms with Crippen LogP contribution >= 0.6 is 0 Å². The highest BCUT2D eigenvalue weighted by Crippen LogP contribution is 2.34. The molecule has 0 fully saturated rings. The molecule has 1 aliphatic rings. The zero-order chi connectivity index (χ0) is 9.26. The monoisotopic (exact) mass is 175 g/mol. The maximum Gasteiger partial charge on any atom is 0.0149 e. The molecule has 0 aromatic heterocycles. The molecule has 1 nitrogen and oxygen atoms in total. The van der Waals surface area contributed by atoms with Crippen LogP contribution in [0, 0.1) is 0 Å². The van der Waals surface area contributed by atoms with Gasteiger partial charge >= 0.3 is 0 Å². The Kier molecular flexibility index (Phi) is 2.36. The zero-order valence-electron chi connectivity index (χ0n) is 8.16. The van der Waals surface area contributed by atoms with Gasteiger partial charge < -0.3 is 5.73 Å². The van der Waals surface area contributed by atoms with Gasteiger partial charge in [-0.05, 0) is 29.9 Å². The second-order valence-electron chi connectivity index (χ2n) is 3.96. The normalized spacial score (nSPS) is 26.0. The summed E-state index contributed by atoms with van der Waals surface area (Å²) in [7, 11) is 0. The van der Waals surface area contributed by atoms with Crippen molar-refractivity contribution in [2.24, 2.45) is 5.73 Å². The summed E-state index contributed by atoms with van der Waals surface area (Å²) in [5.41, 5.74) is 9.08. The lowest BCUT2D eigenvalue weighted by Crippen LogP contribution is -2.24. The summed E-state index contributed by atoms with van der Waals surface area (Å²) < 4.78 is 0. The van der Waals surface area contributed by atoms with Gasteiger partial charge in [0, 0.05) is 6.04 Å². The highest BCUT2D eigenvalue weighted by atomic mass is 14.7. The summed E-state index contributed by atoms with van der Waals surface area (Å²) in [5, 5.41) is 0. The van der Waals surface area contributed by atoms with Gasteiger partial charge in [-0.2, -0.15) is 0 Å². The smallest absolute Gasteiger partial charge is 0.0149 e. The third kappa shape index (κ3) is 1.49. The Morgan fingerprint density at radius 3 is 2.92 bits per heavy atom. The first kappa shape index (κ1) is 8.76. The zero-order valence-corrected chi connectivity index (χ0v) is 8.16. The Bertz CT molecular complexity index is 293. The molecular weight excluding hydrogens is 158 g/mol. The number of hydrogen-bond acceptors (Lipinski definition) is 1. The lowest BCUT2D eigenvalue weighted by atomic mass is 9.94. The van der Waals surface area contributed by atoms with Gasteiger partial charge in [0.25, 0.3) is 0 Å². The Labute approximate surface area is 80.0 Å². The van der Waals surface area contributed by atoms with E-state index in [0.29, 0.717) is 12.0 Å². The molecule has 2 unspecified atom stereocenters. The van der Waals surface area contributed by atoms with E-state index in [9.17, 15) is 0 Å². The van der Waals surface area contributed by atoms with Crippen LogP contribution in [0.1, 0.15) is 36.8 Å². The molecule has 0 radical (unpaired) electrons. The van der Waals surface area contributed by atoms with Gasteiger partial charge in [0.15, 0.2) is 0 Å². The minimum atomic E-state index is 0.359. The molecule has 0 saturated heterocycles. The van der Waals surface area contributed by atoms with E-state index in [1.165, 1.54) is 24.0 Å². The predicted octanol–water partition coefficient (Wildman–Crippen LogP) is 2.45. The van der Waals surface area contributed by atoms with Gasteiger partial charge in [-0.25, -0.2) is 0 Å². The molecule has 2 N–H and O–H groups in total. The molecule has 0 aliphatic heterocycles. The SMILES string of the molecule is CCCC1c2ccccc2CC1N. The minimum absolute atomic E-state index is 0.359. The van der Waals surface area contributed by atoms with Crippen molar-refractivity contribution in [1.29, 1.82) is 0 Å². The predicted molar refractivity (Wildman–Crippen MR) is 55.8 cm³/mol. The lowest BCUT2D eigenvalue weighted by molar-refractivity contribution is 0.530. The number of fused-ring (bicyclic) bond motifs is 1. The molecule has 0 saturated carbocycles. The maximum atomic E-state index is 6.12. The van der Waals surface area contributed by atoms with Crippen LogP contribution in [0.15, 0.2) is 24.3 Å². The van der Waals surface area contributed by atoms with Gasteiger partial charge in [-0.1, -0.05) is 37.6 Å². The lowest BCUT2D eigenvalue weighted by Gasteiger charge is -2.15. The number of nitrogens with two attached hydrogens (primary N) is 1. The van der Waals surface area contributed by atoms with Crippen molar-refractivity contribution in [3.05, 3.63) is 35.4 Å². The fraction of sp³-hybridized carbons (Fsp3) is 0.500. The first-order chi connectivity index (χ1) is 6.33. The highest BCUT2D eigenvalue weighted by molar-refractivity contribution is 5.37. The molecule has 0 spiro atoms. The molecule has 0 heterocycles. The van der Waals surface area contributed by atoms with Crippen molar-refractivity contribution >= 4 is 0 Å². The molecule has 1 aliphatic carbocycles. The summed E-state index contributed by atoms with van der Waals surface area (Å²) in [6.45, 7) is 2.23. The summed E-state index contributed by atoms with van der Waals surface area (Å²) >= 11 is 0. The molecule has 70 valence electrons. The van der Waals surface area contributed by atoms with Crippen LogP contribution in [-0.2, 0) is 6.42 Å². The Morgan fingerprint density at radius 1 is 1.38 bits per heavy atom. The Morgan fingerprint density at radius 2 is 2.15 bits per heavy atom. The Hall–Kier alpha value is -0.820. The van der Waals surface area contributed by atoms with Crippen LogP contribution in [0.4, 0.5) is 0 Å². The summed E-state index contributed by atoms with van der Waals surface area (Å²) in [4.78, 5) is 0. The summed E-state index contributed by atoms with van der Waals surface area (Å²) in [6.07, 6.45) is 3.53. The molecule has 1 heteroatoms. The molecule has 1 aromatic rings. The third-order valence-corrected chi connectivity index (χ3v) is 3.03. The first-order valence-corrected chi connectivity index (χ1v) is 5.16. The van der Waals surface area contributed by atoms with E-state index < -0.39 is 0 Å². The summed E-state index contributed by atoms with van der Waals surface area (Å²) in [6, 6.07) is 9.05. The Balaban J connectivity index is 2.29. The third-order valence-electron chi connectivity index (χ3n) is 3.03. The number of hydrogen-bond donors (Lipinski definition) is 1. The van der Waals surface area contributed by atoms with E-state index in [4.69, 9.17) is 5.73 Å². The number of benzene rings is 1. The van der Waals surface area contributed by atoms with E-state index in [0.717, 1.165) is 6.42 Å². The van der Waals surface area contributed by atoms with E-state index in [1.807, 2.05) is 0 Å². The second-order valence-corrected chi connectivity index (χ2v) is 3.96. The quantitative estimate of drug-likeness (QED) is 0.734. The number of rotatable bonds is 2. The van der Waals surface area contributed by atoms with Crippen molar-refractivity contribution in [3.63, 3.8) is 0 Å². The van der Waals surface area contributed by atoms with Crippen LogP contribution < -0.4 is 5.73 Å². The van der Waals surface area contributed by atoms with Crippen LogP contribution in [0.3, 0.4) is 0 Å². The van der Waals surface area contributed by atoms with Gasteiger partial charge in [0.1, 0.15) is 0 Å². The van der Waals surface area contributed by atoms with Crippen molar-refractivity contribution in [1.82, 2.24) is 0 Å². The minimum Gasteiger partial charge on any atom is -0.327 e. The second kappa shape index (κ2) is 3.51. The van der Waals surface area contributed by atoms with E-state index >= 15 is 0 Å². The topological polar surface area (TPSA) is 26.0 Å². The largest absolute Gasteiger partial charge is 0.327 e. The fourth-order valence-electron chi connectivity index (χ4n) is 2.39. The van der Waals surface area contributed by atoms with Gasteiger partial charge in [0.2, 0.25) is 0 Å². The van der Waals surface area contributed by atoms with E-state index in [1.54, 1.807) is 0 Å². The molecule has 1 aromatic carbocycles. The average Bonchev–Trinajstić information content (AvgIpc) is 2.44. The van der Waals surface area contributed by atoms with Crippen LogP contribution in [0.2, 0.25) is 0 Å². The molecule has 2 rings (SSSR count). The first-order valence-electron chi connectivity index (χ1n) is 5.16. The van der Waals surface area contributed by atoms with Crippen LogP contribution in [0.25, 0.3) is 0 Å².